The van der Waals surface area contributed by atoms with Crippen LogP contribution in [0.3, 0.4) is 0 Å². The molecule has 27 heavy (non-hydrogen) atoms. The Morgan fingerprint density at radius 1 is 1.26 bits per heavy atom. The molecule has 1 N–H and O–H groups in total. The molecule has 2 aromatic carbocycles. The first-order valence-corrected chi connectivity index (χ1v) is 9.00. The molecule has 1 unspecified atom stereocenters. The number of carbonyl (C=O) groups excluding carboxylic acids is 1. The van der Waals surface area contributed by atoms with Gasteiger partial charge >= 0.3 is 0 Å². The Bertz CT molecular complexity index is 912. The third-order valence-electron chi connectivity index (χ3n) is 4.13. The number of nitrogens with one attached hydrogen (secondary N) is 1. The van der Waals surface area contributed by atoms with E-state index in [-0.39, 0.29) is 5.91 Å². The molecular formula is C20H21ClN4O2. The van der Waals surface area contributed by atoms with Crippen molar-refractivity contribution >= 4 is 17.5 Å². The van der Waals surface area contributed by atoms with Gasteiger partial charge in [0.1, 0.15) is 18.4 Å². The van der Waals surface area contributed by atoms with Crippen LogP contribution in [0.2, 0.25) is 5.02 Å². The second-order valence-electron chi connectivity index (χ2n) is 6.27. The minimum atomic E-state index is -0.660. The Labute approximate surface area is 163 Å². The van der Waals surface area contributed by atoms with Crippen molar-refractivity contribution in [2.75, 3.05) is 0 Å². The van der Waals surface area contributed by atoms with Gasteiger partial charge in [0.2, 0.25) is 0 Å². The minimum absolute atomic E-state index is 0.205. The van der Waals surface area contributed by atoms with Gasteiger partial charge in [-0.2, -0.15) is 5.10 Å². The van der Waals surface area contributed by atoms with Crippen LogP contribution in [-0.4, -0.2) is 26.8 Å². The zero-order chi connectivity index (χ0) is 19.2. The van der Waals surface area contributed by atoms with Crippen LogP contribution in [0, 0.1) is 6.92 Å². The third-order valence-corrected chi connectivity index (χ3v) is 4.44. The first-order valence-electron chi connectivity index (χ1n) is 8.62. The predicted octanol–water partition coefficient (Wildman–Crippen LogP) is 3.37. The van der Waals surface area contributed by atoms with E-state index in [1.807, 2.05) is 43.3 Å². The molecule has 140 valence electrons. The van der Waals surface area contributed by atoms with E-state index >= 15 is 0 Å². The second-order valence-corrected chi connectivity index (χ2v) is 6.68. The highest BCUT2D eigenvalue weighted by Crippen LogP contribution is 2.26. The van der Waals surface area contributed by atoms with Crippen molar-refractivity contribution in [1.82, 2.24) is 20.1 Å². The summed E-state index contributed by atoms with van der Waals surface area (Å²) in [6, 6.07) is 13.4. The molecular weight excluding hydrogens is 364 g/mol. The summed E-state index contributed by atoms with van der Waals surface area (Å²) >= 11 is 6.14. The van der Waals surface area contributed by atoms with Crippen LogP contribution in [0.25, 0.3) is 0 Å². The fourth-order valence-electron chi connectivity index (χ4n) is 2.64. The molecule has 1 heterocycles. The lowest BCUT2D eigenvalue weighted by atomic mass is 10.1. The normalized spacial score (nSPS) is 11.8. The number of aromatic nitrogens is 3. The number of aryl methyl sites for hydroxylation is 1. The van der Waals surface area contributed by atoms with Crippen LogP contribution < -0.4 is 10.1 Å². The molecule has 1 atom stereocenters. The zero-order valence-corrected chi connectivity index (χ0v) is 16.0. The number of hydrogen-bond donors (Lipinski definition) is 1. The van der Waals surface area contributed by atoms with Crippen molar-refractivity contribution in [3.63, 3.8) is 0 Å². The van der Waals surface area contributed by atoms with Gasteiger partial charge in [0, 0.05) is 6.54 Å². The summed E-state index contributed by atoms with van der Waals surface area (Å²) in [5.74, 6) is 0.300. The average Bonchev–Trinajstić information content (AvgIpc) is 3.16. The fraction of sp³-hybridized carbons (Fsp3) is 0.250. The highest BCUT2D eigenvalue weighted by atomic mass is 35.5. The van der Waals surface area contributed by atoms with Crippen molar-refractivity contribution in [3.8, 4) is 5.75 Å². The van der Waals surface area contributed by atoms with Crippen molar-refractivity contribution in [2.24, 2.45) is 0 Å². The lowest BCUT2D eigenvalue weighted by molar-refractivity contribution is -0.127. The van der Waals surface area contributed by atoms with Crippen molar-refractivity contribution < 1.29 is 9.53 Å². The van der Waals surface area contributed by atoms with E-state index in [9.17, 15) is 4.79 Å². The molecule has 0 aliphatic rings. The summed E-state index contributed by atoms with van der Waals surface area (Å²) in [5.41, 5.74) is 3.10. The summed E-state index contributed by atoms with van der Waals surface area (Å²) in [5, 5.41) is 7.53. The summed E-state index contributed by atoms with van der Waals surface area (Å²) in [6.45, 7) is 4.64. The number of ether oxygens (including phenoxy) is 1. The van der Waals surface area contributed by atoms with Crippen LogP contribution in [-0.2, 0) is 17.9 Å². The van der Waals surface area contributed by atoms with Crippen molar-refractivity contribution in [3.05, 3.63) is 76.8 Å². The molecule has 7 heteroatoms. The number of halogens is 1. The van der Waals surface area contributed by atoms with Crippen LogP contribution in [0.4, 0.5) is 0 Å². The Kier molecular flexibility index (Phi) is 6.08. The van der Waals surface area contributed by atoms with E-state index < -0.39 is 6.10 Å². The molecule has 6 nitrogen and oxygen atoms in total. The van der Waals surface area contributed by atoms with E-state index in [0.717, 1.165) is 16.7 Å². The smallest absolute Gasteiger partial charge is 0.261 e. The summed E-state index contributed by atoms with van der Waals surface area (Å²) in [6.07, 6.45) is 2.50. The van der Waals surface area contributed by atoms with Crippen LogP contribution >= 0.6 is 11.6 Å². The average molecular weight is 385 g/mol. The van der Waals surface area contributed by atoms with Gasteiger partial charge < -0.3 is 10.1 Å². The molecule has 0 aliphatic carbocycles. The van der Waals surface area contributed by atoms with Gasteiger partial charge in [-0.05, 0) is 42.7 Å². The summed E-state index contributed by atoms with van der Waals surface area (Å²) < 4.78 is 7.47. The predicted molar refractivity (Wildman–Crippen MR) is 104 cm³/mol. The van der Waals surface area contributed by atoms with Crippen molar-refractivity contribution in [2.45, 2.75) is 33.0 Å². The van der Waals surface area contributed by atoms with E-state index in [0.29, 0.717) is 23.9 Å². The fourth-order valence-corrected chi connectivity index (χ4v) is 2.81. The number of amides is 1. The number of carbonyl (C=O) groups is 1. The number of hydrogen-bond acceptors (Lipinski definition) is 4. The van der Waals surface area contributed by atoms with E-state index in [1.165, 1.54) is 6.33 Å². The maximum absolute atomic E-state index is 12.4. The molecule has 3 aromatic rings. The molecule has 1 aromatic heterocycles. The van der Waals surface area contributed by atoms with Gasteiger partial charge in [-0.3, -0.25) is 4.79 Å². The molecule has 0 saturated heterocycles. The van der Waals surface area contributed by atoms with Crippen LogP contribution in [0.1, 0.15) is 23.6 Å². The molecule has 0 saturated carbocycles. The Balaban J connectivity index is 1.61. The van der Waals surface area contributed by atoms with Gasteiger partial charge in [0.25, 0.3) is 5.91 Å². The standard InChI is InChI=1S/C20H21ClN4O2/c1-14-7-8-18(21)19(9-14)27-15(2)20(26)23-10-16-5-3-4-6-17(16)11-25-13-22-12-24-25/h3-9,12-13,15H,10-11H2,1-2H3,(H,23,26). The van der Waals surface area contributed by atoms with Crippen molar-refractivity contribution in [1.29, 1.82) is 0 Å². The second kappa shape index (κ2) is 8.68. The third kappa shape index (κ3) is 5.08. The number of rotatable bonds is 7. The maximum Gasteiger partial charge on any atom is 0.261 e. The lowest BCUT2D eigenvalue weighted by Crippen LogP contribution is -2.36. The first-order chi connectivity index (χ1) is 13.0. The highest BCUT2D eigenvalue weighted by Gasteiger charge is 2.16. The van der Waals surface area contributed by atoms with Gasteiger partial charge in [-0.1, -0.05) is 41.9 Å². The van der Waals surface area contributed by atoms with E-state index in [1.54, 1.807) is 24.0 Å². The Morgan fingerprint density at radius 3 is 2.78 bits per heavy atom. The largest absolute Gasteiger partial charge is 0.479 e. The first kappa shape index (κ1) is 18.9. The lowest BCUT2D eigenvalue weighted by Gasteiger charge is -2.17. The monoisotopic (exact) mass is 384 g/mol. The van der Waals surface area contributed by atoms with Crippen LogP contribution in [0.15, 0.2) is 55.1 Å². The van der Waals surface area contributed by atoms with Gasteiger partial charge in [0.15, 0.2) is 6.10 Å². The van der Waals surface area contributed by atoms with Crippen LogP contribution in [0.5, 0.6) is 5.75 Å². The quantitative estimate of drug-likeness (QED) is 0.678. The number of nitrogens with zero attached hydrogens (tertiary/aromatic N) is 3. The van der Waals surface area contributed by atoms with Gasteiger partial charge in [-0.25, -0.2) is 9.67 Å². The molecule has 0 spiro atoms. The summed E-state index contributed by atoms with van der Waals surface area (Å²) in [7, 11) is 0. The van der Waals surface area contributed by atoms with E-state index in [2.05, 4.69) is 15.4 Å². The SMILES string of the molecule is Cc1ccc(Cl)c(OC(C)C(=O)NCc2ccccc2Cn2cncn2)c1. The highest BCUT2D eigenvalue weighted by molar-refractivity contribution is 6.32. The van der Waals surface area contributed by atoms with Gasteiger partial charge in [0.05, 0.1) is 11.6 Å². The molecule has 0 bridgehead atoms. The molecule has 0 aliphatic heterocycles. The summed E-state index contributed by atoms with van der Waals surface area (Å²) in [4.78, 5) is 16.4. The molecule has 0 radical (unpaired) electrons. The Morgan fingerprint density at radius 2 is 2.04 bits per heavy atom. The topological polar surface area (TPSA) is 69.0 Å². The maximum atomic E-state index is 12.4. The van der Waals surface area contributed by atoms with Gasteiger partial charge in [-0.15, -0.1) is 0 Å². The molecule has 1 amide bonds. The number of benzene rings is 2. The zero-order valence-electron chi connectivity index (χ0n) is 15.2. The van der Waals surface area contributed by atoms with E-state index in [4.69, 9.17) is 16.3 Å². The Hall–Kier alpha value is -2.86. The minimum Gasteiger partial charge on any atom is -0.479 e. The molecule has 3 rings (SSSR count). The molecule has 0 fully saturated rings.